The minimum Gasteiger partial charge on any atom is -0.309 e. The minimum atomic E-state index is 1.15. The summed E-state index contributed by atoms with van der Waals surface area (Å²) in [5.74, 6) is 0. The Morgan fingerprint density at radius 3 is 1.65 bits per heavy atom. The highest BCUT2D eigenvalue weighted by Crippen LogP contribution is 2.49. The lowest BCUT2D eigenvalue weighted by Gasteiger charge is -2.13. The molecule has 62 heavy (non-hydrogen) atoms. The SMILES string of the molecule is c1ccc(-n2c3ccccc3c3ccc(-c4ccc5c6ccc7ccccc7c6n(-c6ccc7cc(-c8ccc9c%10c(cccc8%10)-c8ccccc8-9)ccc7c6)c5c4)cc32)cc1. The summed E-state index contributed by atoms with van der Waals surface area (Å²) >= 11 is 0. The third kappa shape index (κ3) is 4.69. The van der Waals surface area contributed by atoms with Crippen molar-refractivity contribution in [2.75, 3.05) is 0 Å². The Hall–Kier alpha value is -8.20. The molecule has 0 saturated carbocycles. The van der Waals surface area contributed by atoms with Gasteiger partial charge in [0.05, 0.1) is 22.1 Å². The summed E-state index contributed by atoms with van der Waals surface area (Å²) in [4.78, 5) is 0. The van der Waals surface area contributed by atoms with E-state index in [9.17, 15) is 0 Å². The molecule has 0 bridgehead atoms. The van der Waals surface area contributed by atoms with Gasteiger partial charge in [-0.3, -0.25) is 0 Å². The summed E-state index contributed by atoms with van der Waals surface area (Å²) in [6.45, 7) is 0. The number of hydrogen-bond acceptors (Lipinski definition) is 0. The predicted molar refractivity (Wildman–Crippen MR) is 263 cm³/mol. The van der Waals surface area contributed by atoms with Gasteiger partial charge in [0, 0.05) is 38.3 Å². The van der Waals surface area contributed by atoms with Crippen LogP contribution in [0, 0.1) is 0 Å². The van der Waals surface area contributed by atoms with E-state index in [2.05, 4.69) is 228 Å². The highest BCUT2D eigenvalue weighted by atomic mass is 15.0. The normalized spacial score (nSPS) is 12.2. The fourth-order valence-corrected chi connectivity index (χ4v) is 10.8. The molecule has 2 heteroatoms. The van der Waals surface area contributed by atoms with Gasteiger partial charge in [0.2, 0.25) is 0 Å². The van der Waals surface area contributed by atoms with Crippen LogP contribution in [0.4, 0.5) is 0 Å². The van der Waals surface area contributed by atoms with Gasteiger partial charge in [-0.05, 0) is 120 Å². The molecule has 0 N–H and O–H groups in total. The molecule has 2 nitrogen and oxygen atoms in total. The van der Waals surface area contributed by atoms with Gasteiger partial charge in [-0.25, -0.2) is 0 Å². The fourth-order valence-electron chi connectivity index (χ4n) is 10.8. The molecule has 0 saturated heterocycles. The fraction of sp³-hybridized carbons (Fsp3) is 0. The summed E-state index contributed by atoms with van der Waals surface area (Å²) in [7, 11) is 0. The number of fused-ring (bicyclic) bond motifs is 12. The molecule has 1 aliphatic carbocycles. The Bertz CT molecular complexity index is 4000. The number of nitrogens with zero attached hydrogens (tertiary/aromatic N) is 2. The molecule has 13 aromatic rings. The average molecular weight is 785 g/mol. The van der Waals surface area contributed by atoms with E-state index in [-0.39, 0.29) is 0 Å². The quantitative estimate of drug-likeness (QED) is 0.168. The summed E-state index contributed by atoms with van der Waals surface area (Å²) in [6.07, 6.45) is 0. The first-order valence-electron chi connectivity index (χ1n) is 21.5. The van der Waals surface area contributed by atoms with Gasteiger partial charge in [0.15, 0.2) is 0 Å². The van der Waals surface area contributed by atoms with Crippen molar-refractivity contribution in [3.63, 3.8) is 0 Å². The lowest BCUT2D eigenvalue weighted by atomic mass is 9.93. The number of benzene rings is 11. The molecular weight excluding hydrogens is 749 g/mol. The van der Waals surface area contributed by atoms with E-state index in [0.717, 1.165) is 11.4 Å². The first-order chi connectivity index (χ1) is 30.7. The average Bonchev–Trinajstić information content (AvgIpc) is 3.98. The molecule has 2 heterocycles. The van der Waals surface area contributed by atoms with Crippen molar-refractivity contribution in [2.24, 2.45) is 0 Å². The second kappa shape index (κ2) is 12.7. The van der Waals surface area contributed by atoms with Crippen molar-refractivity contribution < 1.29 is 0 Å². The topological polar surface area (TPSA) is 9.86 Å². The first kappa shape index (κ1) is 33.6. The Morgan fingerprint density at radius 1 is 0.242 bits per heavy atom. The van der Waals surface area contributed by atoms with Crippen molar-refractivity contribution in [2.45, 2.75) is 0 Å². The predicted octanol–water partition coefficient (Wildman–Crippen LogP) is 16.3. The van der Waals surface area contributed by atoms with Crippen LogP contribution in [0.5, 0.6) is 0 Å². The van der Waals surface area contributed by atoms with Crippen LogP contribution in [0.2, 0.25) is 0 Å². The zero-order valence-corrected chi connectivity index (χ0v) is 33.7. The van der Waals surface area contributed by atoms with E-state index < -0.39 is 0 Å². The van der Waals surface area contributed by atoms with E-state index in [1.165, 1.54) is 120 Å². The van der Waals surface area contributed by atoms with Crippen molar-refractivity contribution in [3.8, 4) is 55.9 Å². The van der Waals surface area contributed by atoms with E-state index >= 15 is 0 Å². The van der Waals surface area contributed by atoms with Gasteiger partial charge in [-0.2, -0.15) is 0 Å². The second-order valence-corrected chi connectivity index (χ2v) is 16.9. The lowest BCUT2D eigenvalue weighted by molar-refractivity contribution is 1.18. The number of para-hydroxylation sites is 2. The summed E-state index contributed by atoms with van der Waals surface area (Å²) in [5.41, 5.74) is 17.4. The van der Waals surface area contributed by atoms with Crippen molar-refractivity contribution in [1.29, 1.82) is 0 Å². The third-order valence-corrected chi connectivity index (χ3v) is 13.6. The van der Waals surface area contributed by atoms with Gasteiger partial charge < -0.3 is 9.13 Å². The van der Waals surface area contributed by atoms with Gasteiger partial charge in [0.25, 0.3) is 0 Å². The van der Waals surface area contributed by atoms with Crippen LogP contribution in [-0.2, 0) is 0 Å². The van der Waals surface area contributed by atoms with E-state index in [1.54, 1.807) is 0 Å². The number of rotatable bonds is 4. The van der Waals surface area contributed by atoms with E-state index in [4.69, 9.17) is 0 Å². The molecule has 0 unspecified atom stereocenters. The number of hydrogen-bond donors (Lipinski definition) is 0. The summed E-state index contributed by atoms with van der Waals surface area (Å²) in [5, 5.41) is 12.6. The minimum absolute atomic E-state index is 1.15. The molecule has 11 aromatic carbocycles. The molecule has 2 aromatic heterocycles. The maximum atomic E-state index is 2.50. The molecule has 0 radical (unpaired) electrons. The molecule has 0 atom stereocenters. The largest absolute Gasteiger partial charge is 0.309 e. The van der Waals surface area contributed by atoms with Gasteiger partial charge in [-0.1, -0.05) is 170 Å². The Kier molecular flexibility index (Phi) is 6.86. The molecule has 0 aliphatic heterocycles. The van der Waals surface area contributed by atoms with Gasteiger partial charge in [-0.15, -0.1) is 0 Å². The van der Waals surface area contributed by atoms with Crippen LogP contribution in [0.1, 0.15) is 0 Å². The molecule has 0 spiro atoms. The van der Waals surface area contributed by atoms with Crippen LogP contribution in [0.3, 0.4) is 0 Å². The third-order valence-electron chi connectivity index (χ3n) is 13.6. The summed E-state index contributed by atoms with van der Waals surface area (Å²) < 4.78 is 4.91. The van der Waals surface area contributed by atoms with Crippen molar-refractivity contribution >= 4 is 75.9 Å². The second-order valence-electron chi connectivity index (χ2n) is 16.9. The molecular formula is C60H36N2. The Balaban J connectivity index is 0.948. The zero-order chi connectivity index (χ0) is 40.5. The zero-order valence-electron chi connectivity index (χ0n) is 33.7. The molecule has 0 amide bonds. The van der Waals surface area contributed by atoms with E-state index in [1.807, 2.05) is 0 Å². The van der Waals surface area contributed by atoms with Crippen molar-refractivity contribution in [3.05, 3.63) is 218 Å². The Labute approximate surface area is 357 Å². The molecule has 286 valence electrons. The maximum absolute atomic E-state index is 2.50. The summed E-state index contributed by atoms with van der Waals surface area (Å²) in [6, 6.07) is 81.1. The standard InChI is InChI=1S/C60H36N2/c1-2-12-43(13-3-1)61-56-20-9-8-17-49(56)50-28-25-40(35-57(50)61)41-26-29-51-55-30-24-37-11-4-5-14-46(37)60(55)62(58(51)36-41)44-27-23-38-33-42(22-21-39(38)34-44)45-31-32-54-48-16-7-6-15-47(48)53-19-10-18-52(45)59(53)54/h1-36H. The highest BCUT2D eigenvalue weighted by Gasteiger charge is 2.23. The monoisotopic (exact) mass is 784 g/mol. The van der Waals surface area contributed by atoms with Gasteiger partial charge >= 0.3 is 0 Å². The van der Waals surface area contributed by atoms with Crippen LogP contribution in [0.25, 0.3) is 132 Å². The van der Waals surface area contributed by atoms with Gasteiger partial charge in [0.1, 0.15) is 0 Å². The van der Waals surface area contributed by atoms with Crippen LogP contribution < -0.4 is 0 Å². The van der Waals surface area contributed by atoms with E-state index in [0.29, 0.717) is 0 Å². The lowest BCUT2D eigenvalue weighted by Crippen LogP contribution is -1.95. The highest BCUT2D eigenvalue weighted by molar-refractivity contribution is 6.21. The smallest absolute Gasteiger partial charge is 0.0619 e. The maximum Gasteiger partial charge on any atom is 0.0619 e. The van der Waals surface area contributed by atoms with Crippen LogP contribution in [0.15, 0.2) is 218 Å². The van der Waals surface area contributed by atoms with Crippen LogP contribution in [-0.4, -0.2) is 9.13 Å². The molecule has 14 rings (SSSR count). The molecule has 1 aliphatic rings. The van der Waals surface area contributed by atoms with Crippen LogP contribution >= 0.6 is 0 Å². The molecule has 0 fully saturated rings. The first-order valence-corrected chi connectivity index (χ1v) is 21.5. The number of aromatic nitrogens is 2. The Morgan fingerprint density at radius 2 is 0.806 bits per heavy atom. The van der Waals surface area contributed by atoms with Crippen molar-refractivity contribution in [1.82, 2.24) is 9.13 Å².